The molecule has 0 amide bonds. The summed E-state index contributed by atoms with van der Waals surface area (Å²) < 4.78 is 26.2. The van der Waals surface area contributed by atoms with Gasteiger partial charge in [0.25, 0.3) is 0 Å². The summed E-state index contributed by atoms with van der Waals surface area (Å²) in [4.78, 5) is 12.6. The van der Waals surface area contributed by atoms with Crippen molar-refractivity contribution < 1.29 is 23.1 Å². The van der Waals surface area contributed by atoms with Crippen LogP contribution in [0.4, 0.5) is 0 Å². The van der Waals surface area contributed by atoms with Crippen molar-refractivity contribution in [1.29, 1.82) is 0 Å². The van der Waals surface area contributed by atoms with E-state index in [0.29, 0.717) is 23.9 Å². The molecule has 5 atom stereocenters. The number of carbonyl (C=O) groups is 1. The van der Waals surface area contributed by atoms with Gasteiger partial charge >= 0.3 is 5.97 Å². The smallest absolute Gasteiger partial charge is 0.344 e. The molecule has 0 aliphatic heterocycles. The molecule has 0 aromatic heterocycles. The fraction of sp³-hybridized carbons (Fsp3) is 0.690. The summed E-state index contributed by atoms with van der Waals surface area (Å²) >= 11 is 0. The number of esters is 1. The molecule has 49 heavy (non-hydrogen) atoms. The molecule has 2 aromatic rings. The summed E-state index contributed by atoms with van der Waals surface area (Å²) in [6.07, 6.45) is 10.9. The molecule has 2 aliphatic rings. The molecular weight excluding hydrogens is 641 g/mol. The molecule has 7 heteroatoms. The number of rotatable bonds is 16. The van der Waals surface area contributed by atoms with Crippen LogP contribution in [0.1, 0.15) is 110 Å². The Hall–Kier alpha value is -1.94. The Morgan fingerprint density at radius 3 is 2.20 bits per heavy atom. The van der Waals surface area contributed by atoms with Crippen LogP contribution < -0.4 is 4.74 Å². The summed E-state index contributed by atoms with van der Waals surface area (Å²) in [5.41, 5.74) is 3.61. The highest BCUT2D eigenvalue weighted by Gasteiger charge is 2.50. The number of benzene rings is 2. The quantitative estimate of drug-likeness (QED) is 0.0987. The van der Waals surface area contributed by atoms with E-state index in [1.807, 2.05) is 36.4 Å². The lowest BCUT2D eigenvalue weighted by Gasteiger charge is -2.42. The highest BCUT2D eigenvalue weighted by atomic mass is 28.4. The lowest BCUT2D eigenvalue weighted by atomic mass is 9.73. The van der Waals surface area contributed by atoms with E-state index in [9.17, 15) is 4.79 Å². The Morgan fingerprint density at radius 2 is 1.55 bits per heavy atom. The van der Waals surface area contributed by atoms with Crippen molar-refractivity contribution in [3.63, 3.8) is 0 Å². The maximum atomic E-state index is 12.6. The number of unbranched alkanes of at least 4 members (excludes halogenated alkanes) is 2. The van der Waals surface area contributed by atoms with Gasteiger partial charge in [-0.2, -0.15) is 0 Å². The highest BCUT2D eigenvalue weighted by molar-refractivity contribution is 6.74. The van der Waals surface area contributed by atoms with E-state index in [2.05, 4.69) is 86.8 Å². The third kappa shape index (κ3) is 10.6. The Labute approximate surface area is 301 Å². The normalized spacial score (nSPS) is 21.9. The van der Waals surface area contributed by atoms with Crippen LogP contribution in [0.2, 0.25) is 36.3 Å². The Morgan fingerprint density at radius 1 is 0.857 bits per heavy atom. The first-order chi connectivity index (χ1) is 22.9. The zero-order chi connectivity index (χ0) is 36.0. The lowest BCUT2D eigenvalue weighted by Crippen LogP contribution is -2.46. The van der Waals surface area contributed by atoms with E-state index in [4.69, 9.17) is 18.3 Å². The number of hydrogen-bond acceptors (Lipinski definition) is 5. The first kappa shape index (κ1) is 39.8. The minimum atomic E-state index is -1.97. The van der Waals surface area contributed by atoms with Crippen LogP contribution in [0.5, 0.6) is 5.75 Å². The summed E-state index contributed by atoms with van der Waals surface area (Å²) in [5.74, 6) is 2.13. The highest BCUT2D eigenvalue weighted by Crippen LogP contribution is 2.52. The van der Waals surface area contributed by atoms with E-state index in [1.165, 1.54) is 30.4 Å². The van der Waals surface area contributed by atoms with Crippen molar-refractivity contribution in [1.82, 2.24) is 0 Å². The van der Waals surface area contributed by atoms with Crippen LogP contribution >= 0.6 is 0 Å². The first-order valence-electron chi connectivity index (χ1n) is 19.2. The van der Waals surface area contributed by atoms with Gasteiger partial charge in [0.15, 0.2) is 23.2 Å². The maximum Gasteiger partial charge on any atom is 0.344 e. The van der Waals surface area contributed by atoms with Crippen LogP contribution in [0, 0.1) is 17.8 Å². The molecule has 0 radical (unpaired) electrons. The number of carbonyl (C=O) groups excluding carboxylic acids is 1. The van der Waals surface area contributed by atoms with Crippen molar-refractivity contribution in [2.45, 2.75) is 161 Å². The van der Waals surface area contributed by atoms with Gasteiger partial charge in [0, 0.05) is 12.2 Å². The molecular formula is C42H68O5Si2. The van der Waals surface area contributed by atoms with E-state index in [-0.39, 0.29) is 35.4 Å². The summed E-state index contributed by atoms with van der Waals surface area (Å²) in [5, 5.41) is 0.368. The SMILES string of the molecule is CCCCC[C@@H](CC[C@H]1C(O[Si](C)(C)C(C)(C)C)C[C@@H]2Cc3c(cccc3OCC(=O)OCc3ccccc3)C[C@@H]21)O[Si](C)(C)C(C)(C)C. The van der Waals surface area contributed by atoms with Gasteiger partial charge in [-0.1, -0.05) is 110 Å². The molecule has 0 spiro atoms. The topological polar surface area (TPSA) is 54.0 Å². The van der Waals surface area contributed by atoms with Crippen molar-refractivity contribution in [3.05, 3.63) is 65.2 Å². The van der Waals surface area contributed by atoms with Gasteiger partial charge in [-0.25, -0.2) is 4.79 Å². The molecule has 1 unspecified atom stereocenters. The zero-order valence-electron chi connectivity index (χ0n) is 32.8. The monoisotopic (exact) mass is 708 g/mol. The molecule has 0 saturated heterocycles. The van der Waals surface area contributed by atoms with Crippen molar-refractivity contribution in [3.8, 4) is 5.75 Å². The van der Waals surface area contributed by atoms with Crippen molar-refractivity contribution in [2.75, 3.05) is 6.61 Å². The van der Waals surface area contributed by atoms with Crippen LogP contribution in [-0.4, -0.2) is 41.4 Å². The standard InChI is InChI=1S/C42H68O5Si2/c1-12-13-15-22-34(46-48(8,9)41(2,3)4)24-25-35-36-26-32-21-18-23-38(44-30-40(43)45-29-31-19-16-14-17-20-31)37(32)27-33(36)28-39(35)47-49(10,11)42(5,6)7/h14,16-21,23,33-36,39H,12-13,15,22,24-30H2,1-11H3/t33-,34-,35+,36-,39?/m0/s1. The number of hydrogen-bond donors (Lipinski definition) is 0. The minimum Gasteiger partial charge on any atom is -0.482 e. The Bertz CT molecular complexity index is 1340. The van der Waals surface area contributed by atoms with Gasteiger partial charge in [-0.15, -0.1) is 0 Å². The summed E-state index contributed by atoms with van der Waals surface area (Å²) in [6, 6.07) is 16.2. The van der Waals surface area contributed by atoms with Gasteiger partial charge in [0.1, 0.15) is 12.4 Å². The molecule has 0 N–H and O–H groups in total. The average molecular weight is 709 g/mol. The molecule has 2 aliphatic carbocycles. The lowest BCUT2D eigenvalue weighted by molar-refractivity contribution is -0.147. The first-order valence-corrected chi connectivity index (χ1v) is 25.0. The third-order valence-electron chi connectivity index (χ3n) is 12.4. The van der Waals surface area contributed by atoms with Crippen molar-refractivity contribution in [2.24, 2.45) is 17.8 Å². The largest absolute Gasteiger partial charge is 0.482 e. The predicted octanol–water partition coefficient (Wildman–Crippen LogP) is 11.3. The second-order valence-electron chi connectivity index (χ2n) is 18.1. The van der Waals surface area contributed by atoms with Gasteiger partial charge in [0.2, 0.25) is 0 Å². The molecule has 2 aromatic carbocycles. The summed E-state index contributed by atoms with van der Waals surface area (Å²) in [7, 11) is -3.85. The van der Waals surface area contributed by atoms with E-state index in [1.54, 1.807) is 0 Å². The Kier molecular flexibility index (Phi) is 13.5. The third-order valence-corrected chi connectivity index (χ3v) is 21.4. The molecule has 0 bridgehead atoms. The van der Waals surface area contributed by atoms with Crippen LogP contribution in [-0.2, 0) is 37.8 Å². The van der Waals surface area contributed by atoms with Crippen molar-refractivity contribution >= 4 is 22.6 Å². The molecule has 0 heterocycles. The zero-order valence-corrected chi connectivity index (χ0v) is 34.8. The predicted molar refractivity (Wildman–Crippen MR) is 208 cm³/mol. The fourth-order valence-electron chi connectivity index (χ4n) is 7.37. The van der Waals surface area contributed by atoms with Crippen LogP contribution in [0.25, 0.3) is 0 Å². The molecule has 5 nitrogen and oxygen atoms in total. The molecule has 274 valence electrons. The average Bonchev–Trinajstić information content (AvgIpc) is 3.34. The van der Waals surface area contributed by atoms with E-state index < -0.39 is 16.6 Å². The maximum absolute atomic E-state index is 12.6. The Balaban J connectivity index is 1.51. The van der Waals surface area contributed by atoms with Gasteiger partial charge < -0.3 is 18.3 Å². The fourth-order valence-corrected chi connectivity index (χ4v) is 10.2. The van der Waals surface area contributed by atoms with Gasteiger partial charge in [0.05, 0.1) is 0 Å². The second kappa shape index (κ2) is 16.6. The van der Waals surface area contributed by atoms with E-state index in [0.717, 1.165) is 49.8 Å². The van der Waals surface area contributed by atoms with Crippen LogP contribution in [0.3, 0.4) is 0 Å². The van der Waals surface area contributed by atoms with Crippen LogP contribution in [0.15, 0.2) is 48.5 Å². The van der Waals surface area contributed by atoms with E-state index >= 15 is 0 Å². The number of fused-ring (bicyclic) bond motifs is 2. The minimum absolute atomic E-state index is 0.0786. The second-order valence-corrected chi connectivity index (χ2v) is 27.6. The molecule has 1 fully saturated rings. The molecule has 4 rings (SSSR count). The summed E-state index contributed by atoms with van der Waals surface area (Å²) in [6.45, 7) is 26.3. The van der Waals surface area contributed by atoms with Gasteiger partial charge in [-0.05, 0) is 115 Å². The van der Waals surface area contributed by atoms with Gasteiger partial charge in [-0.3, -0.25) is 0 Å². The molecule has 1 saturated carbocycles. The number of ether oxygens (including phenoxy) is 2.